The normalized spacial score (nSPS) is 25.2. The summed E-state index contributed by atoms with van der Waals surface area (Å²) in [6.07, 6.45) is -0.535. The third-order valence-electron chi connectivity index (χ3n) is 6.09. The second-order valence-electron chi connectivity index (χ2n) is 7.99. The number of anilines is 1. The smallest absolute Gasteiger partial charge is 0.263 e. The zero-order valence-electron chi connectivity index (χ0n) is 16.7. The Hall–Kier alpha value is -2.51. The summed E-state index contributed by atoms with van der Waals surface area (Å²) in [6, 6.07) is 14.9. The number of nitrogens with two attached hydrogens (primary N) is 1. The van der Waals surface area contributed by atoms with E-state index in [4.69, 9.17) is 10.5 Å². The maximum Gasteiger partial charge on any atom is 0.263 e. The molecule has 4 atom stereocenters. The molecule has 0 aromatic heterocycles. The van der Waals surface area contributed by atoms with Crippen molar-refractivity contribution in [3.05, 3.63) is 65.2 Å². The van der Waals surface area contributed by atoms with Crippen LogP contribution in [0.25, 0.3) is 0 Å². The first kappa shape index (κ1) is 20.8. The van der Waals surface area contributed by atoms with Crippen LogP contribution in [0.3, 0.4) is 0 Å². The van der Waals surface area contributed by atoms with E-state index in [1.54, 1.807) is 17.0 Å². The van der Waals surface area contributed by atoms with Crippen LogP contribution in [0.1, 0.15) is 48.1 Å². The molecule has 0 spiro atoms. The number of rotatable bonds is 7. The number of alkyl halides is 2. The van der Waals surface area contributed by atoms with Gasteiger partial charge in [0.15, 0.2) is 0 Å². The number of nitrogens with one attached hydrogen (secondary N) is 1. The highest BCUT2D eigenvalue weighted by Crippen LogP contribution is 2.50. The summed E-state index contributed by atoms with van der Waals surface area (Å²) in [6.45, 7) is 1.31. The second-order valence-corrected chi connectivity index (χ2v) is 7.99. The fourth-order valence-electron chi connectivity index (χ4n) is 4.65. The number of hydrogen-bond donors (Lipinski definition) is 2. The van der Waals surface area contributed by atoms with Crippen molar-refractivity contribution in [2.24, 2.45) is 11.7 Å². The van der Waals surface area contributed by atoms with Gasteiger partial charge in [-0.05, 0) is 30.5 Å². The molecular weight excluding hydrogens is 388 g/mol. The Balaban J connectivity index is 1.65. The number of halogens is 2. The van der Waals surface area contributed by atoms with Gasteiger partial charge < -0.3 is 20.7 Å². The molecule has 7 heteroatoms. The van der Waals surface area contributed by atoms with Gasteiger partial charge in [0.25, 0.3) is 6.43 Å². The molecule has 3 unspecified atom stereocenters. The number of carbonyl (C=O) groups excluding carboxylic acids is 1. The lowest BCUT2D eigenvalue weighted by Gasteiger charge is -2.46. The van der Waals surface area contributed by atoms with Gasteiger partial charge >= 0.3 is 0 Å². The molecular formula is C23H27F2N3O2. The first-order chi connectivity index (χ1) is 14.6. The molecule has 2 aromatic rings. The van der Waals surface area contributed by atoms with Crippen molar-refractivity contribution < 1.29 is 18.3 Å². The maximum absolute atomic E-state index is 13.4. The van der Waals surface area contributed by atoms with Crippen LogP contribution >= 0.6 is 0 Å². The van der Waals surface area contributed by atoms with E-state index in [2.05, 4.69) is 17.4 Å². The number of ether oxygens (including phenoxy) is 1. The fraction of sp³-hybridized carbons (Fsp3) is 0.435. The summed E-state index contributed by atoms with van der Waals surface area (Å²) in [5.41, 5.74) is 8.32. The van der Waals surface area contributed by atoms with Crippen molar-refractivity contribution in [2.75, 3.05) is 25.0 Å². The largest absolute Gasteiger partial charge is 0.378 e. The molecule has 0 aliphatic carbocycles. The van der Waals surface area contributed by atoms with Crippen molar-refractivity contribution in [3.63, 3.8) is 0 Å². The van der Waals surface area contributed by atoms with E-state index in [9.17, 15) is 13.6 Å². The van der Waals surface area contributed by atoms with Crippen LogP contribution in [0.15, 0.2) is 48.5 Å². The second kappa shape index (κ2) is 9.10. The highest BCUT2D eigenvalue weighted by Gasteiger charge is 2.42. The minimum absolute atomic E-state index is 0.00386. The number of hydrogen-bond acceptors (Lipinski definition) is 4. The number of amides is 1. The Labute approximate surface area is 175 Å². The van der Waals surface area contributed by atoms with Crippen molar-refractivity contribution in [1.82, 2.24) is 4.90 Å². The van der Waals surface area contributed by atoms with Gasteiger partial charge in [0.2, 0.25) is 6.41 Å². The molecule has 1 amide bonds. The zero-order valence-corrected chi connectivity index (χ0v) is 16.7. The summed E-state index contributed by atoms with van der Waals surface area (Å²) in [5.74, 6) is 0.114. The van der Waals surface area contributed by atoms with E-state index in [-0.39, 0.29) is 29.7 Å². The summed E-state index contributed by atoms with van der Waals surface area (Å²) < 4.78 is 33.2. The molecule has 2 aromatic carbocycles. The van der Waals surface area contributed by atoms with Crippen molar-refractivity contribution in [3.8, 4) is 0 Å². The monoisotopic (exact) mass is 415 g/mol. The molecule has 0 bridgehead atoms. The number of fused-ring (bicyclic) bond motifs is 3. The minimum atomic E-state index is -2.53. The van der Waals surface area contributed by atoms with Crippen molar-refractivity contribution in [2.45, 2.75) is 37.5 Å². The number of nitrogens with zero attached hydrogens (tertiary/aromatic N) is 1. The molecule has 2 aliphatic rings. The Morgan fingerprint density at radius 3 is 2.70 bits per heavy atom. The van der Waals surface area contributed by atoms with Crippen LogP contribution < -0.4 is 11.1 Å². The maximum atomic E-state index is 13.4. The lowest BCUT2D eigenvalue weighted by Crippen LogP contribution is -2.43. The standard InChI is InChI=1S/C23H27F2N3O2/c24-23(25)16-6-9-20-19(12-16)22-18(21(27-20)15-4-2-1-3-5-15)8-7-17(30-22)13-28(14-29)11-10-26/h1-6,9,12,14,17-18,21-23,27H,7-8,10-11,13,26H2/t17?,18?,21-,22?/m0/s1. The van der Waals surface area contributed by atoms with Gasteiger partial charge in [0.05, 0.1) is 18.2 Å². The summed E-state index contributed by atoms with van der Waals surface area (Å²) >= 11 is 0. The molecule has 1 fully saturated rings. The van der Waals surface area contributed by atoms with E-state index in [1.807, 2.05) is 18.2 Å². The highest BCUT2D eigenvalue weighted by molar-refractivity contribution is 5.58. The van der Waals surface area contributed by atoms with E-state index < -0.39 is 6.43 Å². The third kappa shape index (κ3) is 4.18. The molecule has 2 heterocycles. The van der Waals surface area contributed by atoms with E-state index in [1.165, 1.54) is 6.07 Å². The van der Waals surface area contributed by atoms with Crippen LogP contribution in [0, 0.1) is 5.92 Å². The highest BCUT2D eigenvalue weighted by atomic mass is 19.3. The lowest BCUT2D eigenvalue weighted by molar-refractivity contribution is -0.127. The Morgan fingerprint density at radius 2 is 2.00 bits per heavy atom. The molecule has 30 heavy (non-hydrogen) atoms. The third-order valence-corrected chi connectivity index (χ3v) is 6.09. The summed E-state index contributed by atoms with van der Waals surface area (Å²) in [7, 11) is 0. The molecule has 3 N–H and O–H groups in total. The van der Waals surface area contributed by atoms with Gasteiger partial charge in [-0.25, -0.2) is 8.78 Å². The average Bonchev–Trinajstić information content (AvgIpc) is 2.78. The van der Waals surface area contributed by atoms with E-state index >= 15 is 0 Å². The zero-order chi connectivity index (χ0) is 21.1. The van der Waals surface area contributed by atoms with Crippen molar-refractivity contribution in [1.29, 1.82) is 0 Å². The minimum Gasteiger partial charge on any atom is -0.378 e. The van der Waals surface area contributed by atoms with Gasteiger partial charge in [0.1, 0.15) is 0 Å². The molecule has 0 radical (unpaired) electrons. The molecule has 160 valence electrons. The first-order valence-electron chi connectivity index (χ1n) is 10.4. The fourth-order valence-corrected chi connectivity index (χ4v) is 4.65. The molecule has 2 aliphatic heterocycles. The van der Waals surface area contributed by atoms with Crippen LogP contribution in [0.5, 0.6) is 0 Å². The quantitative estimate of drug-likeness (QED) is 0.670. The molecule has 4 rings (SSSR count). The topological polar surface area (TPSA) is 67.6 Å². The van der Waals surface area contributed by atoms with Crippen LogP contribution in [-0.2, 0) is 9.53 Å². The number of carbonyl (C=O) groups is 1. The van der Waals surface area contributed by atoms with Crippen LogP contribution in [0.2, 0.25) is 0 Å². The van der Waals surface area contributed by atoms with Gasteiger partial charge in [0, 0.05) is 42.4 Å². The predicted molar refractivity (Wildman–Crippen MR) is 111 cm³/mol. The molecule has 1 saturated heterocycles. The Morgan fingerprint density at radius 1 is 1.20 bits per heavy atom. The van der Waals surface area contributed by atoms with Crippen LogP contribution in [0.4, 0.5) is 14.5 Å². The average molecular weight is 415 g/mol. The summed E-state index contributed by atoms with van der Waals surface area (Å²) in [5, 5.41) is 3.56. The Kier molecular flexibility index (Phi) is 6.29. The SMILES string of the molecule is NCCN(C=O)CC1CCC2C(O1)c1cc(C(F)F)ccc1N[C@H]2c1ccccc1. The lowest BCUT2D eigenvalue weighted by atomic mass is 9.76. The van der Waals surface area contributed by atoms with E-state index in [0.29, 0.717) is 19.6 Å². The molecule has 5 nitrogen and oxygen atoms in total. The van der Waals surface area contributed by atoms with Gasteiger partial charge in [-0.1, -0.05) is 36.4 Å². The Bertz CT molecular complexity index is 865. The van der Waals surface area contributed by atoms with E-state index in [0.717, 1.165) is 36.1 Å². The van der Waals surface area contributed by atoms with Crippen molar-refractivity contribution >= 4 is 12.1 Å². The number of benzene rings is 2. The van der Waals surface area contributed by atoms with Crippen LogP contribution in [-0.4, -0.2) is 37.0 Å². The first-order valence-corrected chi connectivity index (χ1v) is 10.4. The molecule has 0 saturated carbocycles. The van der Waals surface area contributed by atoms with Gasteiger partial charge in [-0.3, -0.25) is 4.79 Å². The van der Waals surface area contributed by atoms with Gasteiger partial charge in [-0.2, -0.15) is 0 Å². The van der Waals surface area contributed by atoms with Gasteiger partial charge in [-0.15, -0.1) is 0 Å². The predicted octanol–water partition coefficient (Wildman–Crippen LogP) is 4.04. The summed E-state index contributed by atoms with van der Waals surface area (Å²) in [4.78, 5) is 13.0.